The molecule has 144 valence electrons. The first-order valence-electron chi connectivity index (χ1n) is 8.86. The van der Waals surface area contributed by atoms with Gasteiger partial charge < -0.3 is 5.32 Å². The summed E-state index contributed by atoms with van der Waals surface area (Å²) < 4.78 is 1.71. The van der Waals surface area contributed by atoms with Gasteiger partial charge in [-0.05, 0) is 42.8 Å². The van der Waals surface area contributed by atoms with Gasteiger partial charge in [-0.25, -0.2) is 4.68 Å². The van der Waals surface area contributed by atoms with Gasteiger partial charge in [0, 0.05) is 41.5 Å². The molecule has 0 aliphatic heterocycles. The average Bonchev–Trinajstić information content (AvgIpc) is 2.96. The summed E-state index contributed by atoms with van der Waals surface area (Å²) in [5.74, 6) is -0.183. The summed E-state index contributed by atoms with van der Waals surface area (Å²) in [6, 6.07) is 13.2. The van der Waals surface area contributed by atoms with Crippen LogP contribution in [0, 0.1) is 6.92 Å². The van der Waals surface area contributed by atoms with Crippen LogP contribution in [0.3, 0.4) is 0 Å². The summed E-state index contributed by atoms with van der Waals surface area (Å²) >= 11 is 12.4. The number of hydrogen-bond acceptors (Lipinski definition) is 3. The fourth-order valence-electron chi connectivity index (χ4n) is 2.70. The molecule has 3 aromatic rings. The van der Waals surface area contributed by atoms with Crippen molar-refractivity contribution in [2.75, 3.05) is 6.54 Å². The molecule has 2 heterocycles. The van der Waals surface area contributed by atoms with Crippen molar-refractivity contribution in [3.8, 4) is 0 Å². The number of nitrogens with one attached hydrogen (secondary N) is 1. The van der Waals surface area contributed by atoms with Crippen molar-refractivity contribution in [3.63, 3.8) is 0 Å². The Kier molecular flexibility index (Phi) is 6.85. The Hall–Kier alpha value is -2.63. The van der Waals surface area contributed by atoms with Crippen LogP contribution in [0.4, 0.5) is 0 Å². The van der Waals surface area contributed by atoms with Crippen LogP contribution in [0.1, 0.15) is 22.5 Å². The minimum Gasteiger partial charge on any atom is -0.352 e. The third-order valence-electron chi connectivity index (χ3n) is 4.16. The largest absolute Gasteiger partial charge is 0.352 e. The molecule has 0 unspecified atom stereocenters. The molecule has 0 bridgehead atoms. The molecule has 0 saturated heterocycles. The summed E-state index contributed by atoms with van der Waals surface area (Å²) in [4.78, 5) is 16.3. The summed E-state index contributed by atoms with van der Waals surface area (Å²) in [6.45, 7) is 2.91. The minimum absolute atomic E-state index is 0.183. The molecule has 1 aromatic carbocycles. The summed E-state index contributed by atoms with van der Waals surface area (Å²) in [5, 5.41) is 8.49. The van der Waals surface area contributed by atoms with E-state index in [9.17, 15) is 4.79 Å². The van der Waals surface area contributed by atoms with Gasteiger partial charge in [-0.2, -0.15) is 5.10 Å². The molecule has 0 fully saturated rings. The second kappa shape index (κ2) is 9.53. The molecule has 0 aliphatic rings. The van der Waals surface area contributed by atoms with Crippen LogP contribution in [0.15, 0.2) is 54.7 Å². The highest BCUT2D eigenvalue weighted by molar-refractivity contribution is 6.31. The van der Waals surface area contributed by atoms with Crippen molar-refractivity contribution in [1.29, 1.82) is 0 Å². The number of pyridine rings is 1. The number of amides is 1. The molecule has 7 heteroatoms. The number of rotatable bonds is 7. The minimum atomic E-state index is -0.183. The van der Waals surface area contributed by atoms with E-state index in [2.05, 4.69) is 15.4 Å². The van der Waals surface area contributed by atoms with Crippen LogP contribution in [0.25, 0.3) is 6.08 Å². The molecule has 3 rings (SSSR count). The Bertz CT molecular complexity index is 966. The standard InChI is InChI=1S/C21H20Cl2N4O/c1-15-19(9-10-20(28)25-13-11-18-4-2-3-12-24-18)21(23)27(26-15)14-16-5-7-17(22)8-6-16/h2-10,12H,11,13-14H2,1H3,(H,25,28)/b10-9+. The van der Waals surface area contributed by atoms with Gasteiger partial charge in [0.15, 0.2) is 0 Å². The number of aromatic nitrogens is 3. The Labute approximate surface area is 174 Å². The number of nitrogens with zero attached hydrogens (tertiary/aromatic N) is 3. The van der Waals surface area contributed by atoms with Gasteiger partial charge in [-0.1, -0.05) is 41.4 Å². The van der Waals surface area contributed by atoms with Crippen molar-refractivity contribution in [2.45, 2.75) is 19.9 Å². The predicted molar refractivity (Wildman–Crippen MR) is 113 cm³/mol. The number of benzene rings is 1. The lowest BCUT2D eigenvalue weighted by atomic mass is 10.2. The molecule has 0 aliphatic carbocycles. The van der Waals surface area contributed by atoms with Crippen LogP contribution < -0.4 is 5.32 Å². The topological polar surface area (TPSA) is 59.8 Å². The number of carbonyl (C=O) groups is 1. The number of aryl methyl sites for hydroxylation is 1. The van der Waals surface area contributed by atoms with Crippen molar-refractivity contribution >= 4 is 35.2 Å². The zero-order chi connectivity index (χ0) is 19.9. The second-order valence-electron chi connectivity index (χ2n) is 6.27. The van der Waals surface area contributed by atoms with Gasteiger partial charge in [0.1, 0.15) is 5.15 Å². The van der Waals surface area contributed by atoms with Gasteiger partial charge in [-0.15, -0.1) is 0 Å². The molecule has 1 N–H and O–H groups in total. The fraction of sp³-hybridized carbons (Fsp3) is 0.190. The van der Waals surface area contributed by atoms with E-state index in [0.717, 1.165) is 22.5 Å². The molecule has 5 nitrogen and oxygen atoms in total. The van der Waals surface area contributed by atoms with E-state index in [4.69, 9.17) is 23.2 Å². The van der Waals surface area contributed by atoms with Crippen molar-refractivity contribution < 1.29 is 4.79 Å². The molecular formula is C21H20Cl2N4O. The third kappa shape index (κ3) is 5.44. The summed E-state index contributed by atoms with van der Waals surface area (Å²) in [7, 11) is 0. The van der Waals surface area contributed by atoms with E-state index >= 15 is 0 Å². The second-order valence-corrected chi connectivity index (χ2v) is 7.06. The molecule has 2 aromatic heterocycles. The maximum absolute atomic E-state index is 12.1. The first-order chi connectivity index (χ1) is 13.5. The van der Waals surface area contributed by atoms with E-state index in [-0.39, 0.29) is 5.91 Å². The van der Waals surface area contributed by atoms with Crippen LogP contribution >= 0.6 is 23.2 Å². The third-order valence-corrected chi connectivity index (χ3v) is 4.81. The van der Waals surface area contributed by atoms with Crippen LogP contribution in [0.2, 0.25) is 10.2 Å². The lowest BCUT2D eigenvalue weighted by Crippen LogP contribution is -2.23. The van der Waals surface area contributed by atoms with E-state index in [1.54, 1.807) is 17.0 Å². The lowest BCUT2D eigenvalue weighted by Gasteiger charge is -2.04. The van der Waals surface area contributed by atoms with Crippen molar-refractivity contribution in [1.82, 2.24) is 20.1 Å². The number of halogens is 2. The average molecular weight is 415 g/mol. The molecule has 0 saturated carbocycles. The van der Waals surface area contributed by atoms with Gasteiger partial charge in [0.2, 0.25) is 5.91 Å². The molecule has 0 radical (unpaired) electrons. The normalized spacial score (nSPS) is 11.1. The first kappa shape index (κ1) is 20.1. The SMILES string of the molecule is Cc1nn(Cc2ccc(Cl)cc2)c(Cl)c1/C=C/C(=O)NCCc1ccccn1. The van der Waals surface area contributed by atoms with Crippen LogP contribution in [-0.4, -0.2) is 27.2 Å². The van der Waals surface area contributed by atoms with Crippen LogP contribution in [-0.2, 0) is 17.8 Å². The van der Waals surface area contributed by atoms with E-state index in [1.807, 2.05) is 49.4 Å². The quantitative estimate of drug-likeness (QED) is 0.585. The van der Waals surface area contributed by atoms with Crippen LogP contribution in [0.5, 0.6) is 0 Å². The summed E-state index contributed by atoms with van der Waals surface area (Å²) in [5.41, 5.74) is 3.47. The van der Waals surface area contributed by atoms with Gasteiger partial charge in [0.25, 0.3) is 0 Å². The lowest BCUT2D eigenvalue weighted by molar-refractivity contribution is -0.116. The highest BCUT2D eigenvalue weighted by atomic mass is 35.5. The number of carbonyl (C=O) groups excluding carboxylic acids is 1. The Morgan fingerprint density at radius 3 is 2.68 bits per heavy atom. The van der Waals surface area contributed by atoms with Gasteiger partial charge in [-0.3, -0.25) is 9.78 Å². The monoisotopic (exact) mass is 414 g/mol. The maximum Gasteiger partial charge on any atom is 0.244 e. The zero-order valence-electron chi connectivity index (χ0n) is 15.4. The van der Waals surface area contributed by atoms with Gasteiger partial charge in [0.05, 0.1) is 12.2 Å². The highest BCUT2D eigenvalue weighted by Gasteiger charge is 2.12. The first-order valence-corrected chi connectivity index (χ1v) is 9.61. The summed E-state index contributed by atoms with van der Waals surface area (Å²) in [6.07, 6.45) is 5.59. The van der Waals surface area contributed by atoms with Gasteiger partial charge >= 0.3 is 0 Å². The Morgan fingerprint density at radius 1 is 1.18 bits per heavy atom. The Balaban J connectivity index is 1.59. The maximum atomic E-state index is 12.1. The van der Waals surface area contributed by atoms with Crippen molar-refractivity contribution in [3.05, 3.63) is 87.4 Å². The predicted octanol–water partition coefficient (Wildman–Crippen LogP) is 4.31. The Morgan fingerprint density at radius 2 is 1.96 bits per heavy atom. The van der Waals surface area contributed by atoms with E-state index in [1.165, 1.54) is 6.08 Å². The van der Waals surface area contributed by atoms with Crippen molar-refractivity contribution in [2.24, 2.45) is 0 Å². The van der Waals surface area contributed by atoms with E-state index < -0.39 is 0 Å². The molecule has 0 atom stereocenters. The molecule has 0 spiro atoms. The smallest absolute Gasteiger partial charge is 0.244 e. The fourth-order valence-corrected chi connectivity index (χ4v) is 3.13. The zero-order valence-corrected chi connectivity index (χ0v) is 16.9. The molecule has 1 amide bonds. The number of hydrogen-bond donors (Lipinski definition) is 1. The molecule has 28 heavy (non-hydrogen) atoms. The highest BCUT2D eigenvalue weighted by Crippen LogP contribution is 2.22. The van der Waals surface area contributed by atoms with E-state index in [0.29, 0.717) is 29.7 Å². The molecular weight excluding hydrogens is 395 g/mol.